The summed E-state index contributed by atoms with van der Waals surface area (Å²) in [6, 6.07) is 18.3. The third-order valence-electron chi connectivity index (χ3n) is 5.31. The molecule has 1 saturated heterocycles. The van der Waals surface area contributed by atoms with E-state index in [2.05, 4.69) is 40.2 Å². The van der Waals surface area contributed by atoms with Crippen LogP contribution in [0, 0.1) is 0 Å². The summed E-state index contributed by atoms with van der Waals surface area (Å²) < 4.78 is 5.51. The molecule has 1 unspecified atom stereocenters. The predicted molar refractivity (Wildman–Crippen MR) is 114 cm³/mol. The topological polar surface area (TPSA) is 44.8 Å². The van der Waals surface area contributed by atoms with Crippen LogP contribution in [-0.2, 0) is 4.79 Å². The predicted octanol–water partition coefficient (Wildman–Crippen LogP) is 3.13. The van der Waals surface area contributed by atoms with Gasteiger partial charge >= 0.3 is 0 Å². The van der Waals surface area contributed by atoms with Crippen molar-refractivity contribution in [2.24, 2.45) is 0 Å². The number of ether oxygens (including phenoxy) is 1. The standard InChI is InChI=1S/C23H31N3O2/c1-3-13-24-23(27)20(19-9-5-4-6-10-19)18-25-14-16-26(17-15-25)21-11-7-8-12-22(21)28-2/h4-12,20H,3,13-18H2,1-2H3,(H,24,27). The smallest absolute Gasteiger partial charge is 0.228 e. The van der Waals surface area contributed by atoms with Gasteiger partial charge in [0.05, 0.1) is 18.7 Å². The molecule has 5 nitrogen and oxygen atoms in total. The van der Waals surface area contributed by atoms with Gasteiger partial charge in [0.25, 0.3) is 0 Å². The van der Waals surface area contributed by atoms with E-state index in [0.29, 0.717) is 0 Å². The van der Waals surface area contributed by atoms with Crippen molar-refractivity contribution in [2.75, 3.05) is 51.3 Å². The van der Waals surface area contributed by atoms with E-state index in [1.54, 1.807) is 7.11 Å². The van der Waals surface area contributed by atoms with Crippen molar-refractivity contribution in [3.05, 3.63) is 60.2 Å². The zero-order valence-electron chi connectivity index (χ0n) is 16.9. The minimum Gasteiger partial charge on any atom is -0.495 e. The number of nitrogens with one attached hydrogen (secondary N) is 1. The average molecular weight is 382 g/mol. The second-order valence-electron chi connectivity index (χ2n) is 7.21. The van der Waals surface area contributed by atoms with Crippen LogP contribution in [0.2, 0.25) is 0 Å². The first-order valence-corrected chi connectivity index (χ1v) is 10.2. The molecule has 0 saturated carbocycles. The molecule has 0 aromatic heterocycles. The highest BCUT2D eigenvalue weighted by Crippen LogP contribution is 2.28. The van der Waals surface area contributed by atoms with Crippen molar-refractivity contribution < 1.29 is 9.53 Å². The molecule has 1 atom stereocenters. The highest BCUT2D eigenvalue weighted by atomic mass is 16.5. The van der Waals surface area contributed by atoms with Crippen LogP contribution >= 0.6 is 0 Å². The molecule has 1 heterocycles. The second-order valence-corrected chi connectivity index (χ2v) is 7.21. The molecular weight excluding hydrogens is 350 g/mol. The molecule has 0 spiro atoms. The number of amides is 1. The van der Waals surface area contributed by atoms with Crippen LogP contribution in [-0.4, -0.2) is 57.2 Å². The quantitative estimate of drug-likeness (QED) is 0.763. The fraction of sp³-hybridized carbons (Fsp3) is 0.435. The largest absolute Gasteiger partial charge is 0.495 e. The third-order valence-corrected chi connectivity index (χ3v) is 5.31. The lowest BCUT2D eigenvalue weighted by Crippen LogP contribution is -2.49. The van der Waals surface area contributed by atoms with Crippen molar-refractivity contribution in [3.63, 3.8) is 0 Å². The van der Waals surface area contributed by atoms with E-state index in [9.17, 15) is 4.79 Å². The molecule has 1 aliphatic heterocycles. The fourth-order valence-electron chi connectivity index (χ4n) is 3.72. The van der Waals surface area contributed by atoms with Gasteiger partial charge in [-0.25, -0.2) is 0 Å². The average Bonchev–Trinajstić information content (AvgIpc) is 2.76. The number of benzene rings is 2. The molecule has 2 aromatic rings. The van der Waals surface area contributed by atoms with Crippen LogP contribution in [0.25, 0.3) is 0 Å². The van der Waals surface area contributed by atoms with Crippen molar-refractivity contribution in [1.29, 1.82) is 0 Å². The second kappa shape index (κ2) is 10.1. The van der Waals surface area contributed by atoms with Crippen LogP contribution < -0.4 is 15.0 Å². The summed E-state index contributed by atoms with van der Waals surface area (Å²) in [6.07, 6.45) is 0.949. The van der Waals surface area contributed by atoms with Gasteiger partial charge in [0, 0.05) is 39.3 Å². The molecule has 1 amide bonds. The Morgan fingerprint density at radius 1 is 1.04 bits per heavy atom. The lowest BCUT2D eigenvalue weighted by molar-refractivity contribution is -0.123. The third kappa shape index (κ3) is 5.04. The zero-order chi connectivity index (χ0) is 19.8. The Labute approximate surface area is 168 Å². The van der Waals surface area contributed by atoms with Gasteiger partial charge in [-0.2, -0.15) is 0 Å². The van der Waals surface area contributed by atoms with E-state index < -0.39 is 0 Å². The SMILES string of the molecule is CCCNC(=O)C(CN1CCN(c2ccccc2OC)CC1)c1ccccc1. The van der Waals surface area contributed by atoms with E-state index in [1.807, 2.05) is 36.4 Å². The number of hydrogen-bond acceptors (Lipinski definition) is 4. The molecule has 0 bridgehead atoms. The van der Waals surface area contributed by atoms with E-state index in [1.165, 1.54) is 0 Å². The Hall–Kier alpha value is -2.53. The Balaban J connectivity index is 1.64. The molecule has 5 heteroatoms. The van der Waals surface area contributed by atoms with E-state index in [-0.39, 0.29) is 11.8 Å². The maximum atomic E-state index is 12.8. The van der Waals surface area contributed by atoms with E-state index in [0.717, 1.165) is 62.7 Å². The Morgan fingerprint density at radius 2 is 1.71 bits per heavy atom. The Bertz CT molecular complexity index is 743. The summed E-state index contributed by atoms with van der Waals surface area (Å²) in [7, 11) is 1.72. The number of para-hydroxylation sites is 2. The maximum absolute atomic E-state index is 12.8. The number of piperazine rings is 1. The molecule has 3 rings (SSSR count). The summed E-state index contributed by atoms with van der Waals surface area (Å²) in [4.78, 5) is 17.5. The minimum absolute atomic E-state index is 0.125. The monoisotopic (exact) mass is 381 g/mol. The summed E-state index contributed by atoms with van der Waals surface area (Å²) in [5.74, 6) is 0.905. The van der Waals surface area contributed by atoms with Crippen LogP contribution in [0.3, 0.4) is 0 Å². The number of carbonyl (C=O) groups excluding carboxylic acids is 1. The van der Waals surface area contributed by atoms with Gasteiger partial charge in [0.2, 0.25) is 5.91 Å². The Kier molecular flexibility index (Phi) is 7.31. The molecule has 0 aliphatic carbocycles. The lowest BCUT2D eigenvalue weighted by Gasteiger charge is -2.37. The van der Waals surface area contributed by atoms with Crippen LogP contribution in [0.5, 0.6) is 5.75 Å². The first kappa shape index (κ1) is 20.2. The first-order valence-electron chi connectivity index (χ1n) is 10.2. The zero-order valence-corrected chi connectivity index (χ0v) is 16.9. The van der Waals surface area contributed by atoms with Gasteiger partial charge in [-0.15, -0.1) is 0 Å². The minimum atomic E-state index is -0.134. The molecular formula is C23H31N3O2. The maximum Gasteiger partial charge on any atom is 0.228 e. The highest BCUT2D eigenvalue weighted by molar-refractivity contribution is 5.83. The molecule has 28 heavy (non-hydrogen) atoms. The van der Waals surface area contributed by atoms with E-state index in [4.69, 9.17) is 4.74 Å². The lowest BCUT2D eigenvalue weighted by atomic mass is 9.97. The van der Waals surface area contributed by atoms with Gasteiger partial charge < -0.3 is 15.0 Å². The molecule has 2 aromatic carbocycles. The van der Waals surface area contributed by atoms with Crippen LogP contribution in [0.4, 0.5) is 5.69 Å². The summed E-state index contributed by atoms with van der Waals surface area (Å²) >= 11 is 0. The number of carbonyl (C=O) groups is 1. The van der Waals surface area contributed by atoms with Crippen molar-refractivity contribution >= 4 is 11.6 Å². The summed E-state index contributed by atoms with van der Waals surface area (Å²) in [5.41, 5.74) is 2.23. The molecule has 1 aliphatic rings. The molecule has 1 N–H and O–H groups in total. The van der Waals surface area contributed by atoms with Gasteiger partial charge in [-0.3, -0.25) is 9.69 Å². The number of methoxy groups -OCH3 is 1. The van der Waals surface area contributed by atoms with Crippen LogP contribution in [0.1, 0.15) is 24.8 Å². The van der Waals surface area contributed by atoms with Crippen LogP contribution in [0.15, 0.2) is 54.6 Å². The van der Waals surface area contributed by atoms with Crippen molar-refractivity contribution in [1.82, 2.24) is 10.2 Å². The number of rotatable bonds is 8. The van der Waals surface area contributed by atoms with Gasteiger partial charge in [-0.1, -0.05) is 49.4 Å². The van der Waals surface area contributed by atoms with E-state index >= 15 is 0 Å². The summed E-state index contributed by atoms with van der Waals surface area (Å²) in [5, 5.41) is 3.08. The van der Waals surface area contributed by atoms with Gasteiger partial charge in [0.1, 0.15) is 5.75 Å². The van der Waals surface area contributed by atoms with Crippen molar-refractivity contribution in [2.45, 2.75) is 19.3 Å². The number of anilines is 1. The molecule has 0 radical (unpaired) electrons. The first-order chi connectivity index (χ1) is 13.7. The van der Waals surface area contributed by atoms with Crippen molar-refractivity contribution in [3.8, 4) is 5.75 Å². The fourth-order valence-corrected chi connectivity index (χ4v) is 3.72. The summed E-state index contributed by atoms with van der Waals surface area (Å²) in [6.45, 7) is 7.28. The highest BCUT2D eigenvalue weighted by Gasteiger charge is 2.26. The van der Waals surface area contributed by atoms with Gasteiger partial charge in [-0.05, 0) is 24.1 Å². The normalized spacial score (nSPS) is 15.9. The molecule has 1 fully saturated rings. The van der Waals surface area contributed by atoms with Gasteiger partial charge in [0.15, 0.2) is 0 Å². The Morgan fingerprint density at radius 3 is 2.39 bits per heavy atom. The number of hydrogen-bond donors (Lipinski definition) is 1. The molecule has 150 valence electrons. The number of nitrogens with zero attached hydrogens (tertiary/aromatic N) is 2.